The van der Waals surface area contributed by atoms with Crippen LogP contribution in [0.4, 0.5) is 0 Å². The summed E-state index contributed by atoms with van der Waals surface area (Å²) in [4.78, 5) is 13.5. The molecule has 5 heteroatoms. The van der Waals surface area contributed by atoms with Crippen LogP contribution in [0, 0.1) is 0 Å². The number of rotatable bonds is 4. The summed E-state index contributed by atoms with van der Waals surface area (Å²) in [6.07, 6.45) is 0. The first kappa shape index (κ1) is 22.4. The molecule has 0 radical (unpaired) electrons. The molecule has 0 aliphatic heterocycles. The lowest BCUT2D eigenvalue weighted by Gasteiger charge is -2.06. The molecule has 7 rings (SSSR count). The molecule has 7 aromatic rings. The van der Waals surface area contributed by atoms with E-state index >= 15 is 0 Å². The first-order chi connectivity index (χ1) is 18.7. The fourth-order valence-electron chi connectivity index (χ4n) is 4.85. The molecule has 0 bridgehead atoms. The van der Waals surface area contributed by atoms with Gasteiger partial charge in [-0.15, -0.1) is 0 Å². The Hall–Kier alpha value is -4.80. The largest absolute Gasteiger partial charge is 0.455 e. The minimum Gasteiger partial charge on any atom is -0.455 e. The van der Waals surface area contributed by atoms with Crippen molar-refractivity contribution >= 4 is 33.5 Å². The summed E-state index contributed by atoms with van der Waals surface area (Å²) < 4.78 is 6.36. The number of para-hydroxylation sites is 1. The van der Waals surface area contributed by atoms with Gasteiger partial charge in [0.05, 0.1) is 5.56 Å². The number of hydrogen-bond donors (Lipinski definition) is 0. The lowest BCUT2D eigenvalue weighted by atomic mass is 9.98. The van der Waals surface area contributed by atoms with Crippen molar-refractivity contribution in [2.24, 2.45) is 0 Å². The van der Waals surface area contributed by atoms with Crippen LogP contribution < -0.4 is 0 Å². The predicted octanol–water partition coefficient (Wildman–Crippen LogP) is 9.09. The van der Waals surface area contributed by atoms with Crippen LogP contribution in [0.15, 0.2) is 126 Å². The first-order valence-electron chi connectivity index (χ1n) is 12.3. The van der Waals surface area contributed by atoms with E-state index in [4.69, 9.17) is 21.0 Å². The average molecular weight is 510 g/mol. The molecular weight excluding hydrogens is 490 g/mol. The van der Waals surface area contributed by atoms with E-state index in [2.05, 4.69) is 76.7 Å². The molecule has 0 unspecified atom stereocenters. The second kappa shape index (κ2) is 9.25. The van der Waals surface area contributed by atoms with E-state index in [9.17, 15) is 0 Å². The minimum absolute atomic E-state index is 0.141. The number of fused-ring (bicyclic) bond motifs is 3. The molecule has 180 valence electrons. The summed E-state index contributed by atoms with van der Waals surface area (Å²) in [7, 11) is 0. The molecular formula is C33H20ClN3O. The van der Waals surface area contributed by atoms with Gasteiger partial charge < -0.3 is 4.42 Å². The van der Waals surface area contributed by atoms with Gasteiger partial charge in [-0.3, -0.25) is 0 Å². The van der Waals surface area contributed by atoms with Gasteiger partial charge in [0.25, 0.3) is 0 Å². The quantitative estimate of drug-likeness (QED) is 0.237. The maximum atomic E-state index is 6.36. The van der Waals surface area contributed by atoms with Crippen molar-refractivity contribution in [3.05, 3.63) is 127 Å². The van der Waals surface area contributed by atoms with Crippen LogP contribution in [0.3, 0.4) is 0 Å². The maximum absolute atomic E-state index is 6.36. The fourth-order valence-corrected chi connectivity index (χ4v) is 5.01. The van der Waals surface area contributed by atoms with Gasteiger partial charge in [0.1, 0.15) is 11.2 Å². The molecule has 0 aliphatic carbocycles. The molecule has 0 saturated carbocycles. The van der Waals surface area contributed by atoms with Crippen LogP contribution in [0.1, 0.15) is 0 Å². The number of hydrogen-bond acceptors (Lipinski definition) is 4. The Balaban J connectivity index is 1.35. The van der Waals surface area contributed by atoms with Crippen molar-refractivity contribution in [2.75, 3.05) is 0 Å². The molecule has 0 fully saturated rings. The molecule has 38 heavy (non-hydrogen) atoms. The molecule has 0 atom stereocenters. The standard InChI is InChI=1S/C33H20ClN3O/c34-33-36-31(22-11-5-2-6-12-22)35-32(37-33)27-16-8-15-26-28-20-25(17-18-29(28)38-30(26)27)24-14-7-13-23(19-24)21-9-3-1-4-10-21/h1-20H. The predicted molar refractivity (Wildman–Crippen MR) is 154 cm³/mol. The highest BCUT2D eigenvalue weighted by atomic mass is 35.5. The topological polar surface area (TPSA) is 51.8 Å². The molecule has 4 nitrogen and oxygen atoms in total. The molecule has 0 N–H and O–H groups in total. The highest BCUT2D eigenvalue weighted by Gasteiger charge is 2.17. The monoisotopic (exact) mass is 509 g/mol. The van der Waals surface area contributed by atoms with Gasteiger partial charge >= 0.3 is 0 Å². The van der Waals surface area contributed by atoms with E-state index in [1.807, 2.05) is 54.6 Å². The normalized spacial score (nSPS) is 11.3. The molecule has 2 heterocycles. The van der Waals surface area contributed by atoms with Gasteiger partial charge in [0.2, 0.25) is 5.28 Å². The van der Waals surface area contributed by atoms with E-state index in [1.165, 1.54) is 11.1 Å². The van der Waals surface area contributed by atoms with Gasteiger partial charge in [-0.25, -0.2) is 4.98 Å². The van der Waals surface area contributed by atoms with Crippen molar-refractivity contribution in [1.29, 1.82) is 0 Å². The molecule has 0 amide bonds. The number of benzene rings is 5. The van der Waals surface area contributed by atoms with E-state index < -0.39 is 0 Å². The Morgan fingerprint density at radius 3 is 1.89 bits per heavy atom. The Morgan fingerprint density at radius 2 is 1.11 bits per heavy atom. The van der Waals surface area contributed by atoms with E-state index in [1.54, 1.807) is 0 Å². The Morgan fingerprint density at radius 1 is 0.474 bits per heavy atom. The lowest BCUT2D eigenvalue weighted by molar-refractivity contribution is 0.669. The van der Waals surface area contributed by atoms with Crippen LogP contribution >= 0.6 is 11.6 Å². The summed E-state index contributed by atoms with van der Waals surface area (Å²) >= 11 is 6.33. The third-order valence-electron chi connectivity index (χ3n) is 6.68. The van der Waals surface area contributed by atoms with Crippen molar-refractivity contribution in [1.82, 2.24) is 15.0 Å². The Labute approximate surface area is 224 Å². The third-order valence-corrected chi connectivity index (χ3v) is 6.85. The van der Waals surface area contributed by atoms with E-state index in [0.29, 0.717) is 11.6 Å². The number of aromatic nitrogens is 3. The highest BCUT2D eigenvalue weighted by Crippen LogP contribution is 2.37. The van der Waals surface area contributed by atoms with Crippen LogP contribution in [-0.4, -0.2) is 15.0 Å². The average Bonchev–Trinajstić information content (AvgIpc) is 3.36. The van der Waals surface area contributed by atoms with Crippen LogP contribution in [0.25, 0.3) is 67.0 Å². The lowest BCUT2D eigenvalue weighted by Crippen LogP contribution is -1.97. The van der Waals surface area contributed by atoms with Crippen LogP contribution in [0.2, 0.25) is 5.28 Å². The highest BCUT2D eigenvalue weighted by molar-refractivity contribution is 6.28. The van der Waals surface area contributed by atoms with Gasteiger partial charge in [-0.1, -0.05) is 97.1 Å². The van der Waals surface area contributed by atoms with Gasteiger partial charge in [-0.05, 0) is 58.1 Å². The van der Waals surface area contributed by atoms with Crippen molar-refractivity contribution in [2.45, 2.75) is 0 Å². The minimum atomic E-state index is 0.141. The van der Waals surface area contributed by atoms with Crippen molar-refractivity contribution < 1.29 is 4.42 Å². The summed E-state index contributed by atoms with van der Waals surface area (Å²) in [5.41, 5.74) is 7.82. The SMILES string of the molecule is Clc1nc(-c2ccccc2)nc(-c2cccc3c2oc2ccc(-c4cccc(-c5ccccc5)c4)cc23)n1. The van der Waals surface area contributed by atoms with E-state index in [-0.39, 0.29) is 5.28 Å². The second-order valence-corrected chi connectivity index (χ2v) is 9.40. The zero-order valence-electron chi connectivity index (χ0n) is 20.2. The summed E-state index contributed by atoms with van der Waals surface area (Å²) in [6, 6.07) is 41.1. The summed E-state index contributed by atoms with van der Waals surface area (Å²) in [5, 5.41) is 2.17. The fraction of sp³-hybridized carbons (Fsp3) is 0. The molecule has 0 aliphatic rings. The van der Waals surface area contributed by atoms with Gasteiger partial charge in [0.15, 0.2) is 11.6 Å². The Kier molecular flexibility index (Phi) is 5.46. The zero-order valence-corrected chi connectivity index (χ0v) is 20.9. The molecule has 0 saturated heterocycles. The summed E-state index contributed by atoms with van der Waals surface area (Å²) in [5.74, 6) is 0.999. The molecule has 0 spiro atoms. The zero-order chi connectivity index (χ0) is 25.5. The van der Waals surface area contributed by atoms with Gasteiger partial charge in [-0.2, -0.15) is 9.97 Å². The first-order valence-corrected chi connectivity index (χ1v) is 12.7. The van der Waals surface area contributed by atoms with E-state index in [0.717, 1.165) is 44.2 Å². The van der Waals surface area contributed by atoms with Crippen molar-refractivity contribution in [3.8, 4) is 45.0 Å². The Bertz CT molecular complexity index is 1930. The smallest absolute Gasteiger partial charge is 0.226 e. The van der Waals surface area contributed by atoms with Gasteiger partial charge in [0, 0.05) is 16.3 Å². The number of nitrogens with zero attached hydrogens (tertiary/aromatic N) is 3. The van der Waals surface area contributed by atoms with Crippen LogP contribution in [0.5, 0.6) is 0 Å². The third kappa shape index (κ3) is 4.01. The van der Waals surface area contributed by atoms with Crippen LogP contribution in [-0.2, 0) is 0 Å². The number of furan rings is 1. The van der Waals surface area contributed by atoms with Crippen molar-refractivity contribution in [3.63, 3.8) is 0 Å². The maximum Gasteiger partial charge on any atom is 0.226 e. The molecule has 5 aromatic carbocycles. The summed E-state index contributed by atoms with van der Waals surface area (Å²) in [6.45, 7) is 0. The second-order valence-electron chi connectivity index (χ2n) is 9.06. The molecule has 2 aromatic heterocycles. The number of halogens is 1.